The monoisotopic (exact) mass is 281 g/mol. The van der Waals surface area contributed by atoms with E-state index in [1.54, 1.807) is 0 Å². The van der Waals surface area contributed by atoms with Crippen LogP contribution in [-0.4, -0.2) is 16.4 Å². The molecule has 1 saturated carbocycles. The van der Waals surface area contributed by atoms with Crippen LogP contribution in [0.2, 0.25) is 0 Å². The Hall–Kier alpha value is -2.56. The molecule has 0 radical (unpaired) electrons. The molecule has 0 spiro atoms. The third-order valence-corrected chi connectivity index (χ3v) is 3.23. The molecule has 1 aromatic rings. The van der Waals surface area contributed by atoms with Crippen LogP contribution in [0, 0.1) is 33.1 Å². The summed E-state index contributed by atoms with van der Waals surface area (Å²) in [5.41, 5.74) is -2.99. The molecule has 1 aliphatic rings. The molecule has 0 aliphatic heterocycles. The number of nitro benzene ring substituents is 1. The molecule has 2 rings (SSSR count). The quantitative estimate of drug-likeness (QED) is 0.677. The van der Waals surface area contributed by atoms with Gasteiger partial charge in [-0.25, -0.2) is 4.39 Å². The van der Waals surface area contributed by atoms with Gasteiger partial charge in [-0.2, -0.15) is 9.65 Å². The van der Waals surface area contributed by atoms with Gasteiger partial charge in [0.1, 0.15) is 11.4 Å². The Bertz CT molecular complexity index is 636. The van der Waals surface area contributed by atoms with Gasteiger partial charge < -0.3 is 5.32 Å². The molecule has 6 nitrogen and oxygen atoms in total. The number of hydrogen-bond acceptors (Lipinski definition) is 4. The SMILES string of the molecule is N#CC1(NC(=O)c2cc(F)cc([N+](=O)[O-])c2F)CCC1. The molecule has 8 heteroatoms. The van der Waals surface area contributed by atoms with Gasteiger partial charge in [-0.3, -0.25) is 14.9 Å². The van der Waals surface area contributed by atoms with Crippen molar-refractivity contribution >= 4 is 11.6 Å². The zero-order chi connectivity index (χ0) is 14.9. The Morgan fingerprint density at radius 2 is 2.10 bits per heavy atom. The van der Waals surface area contributed by atoms with Gasteiger partial charge in [0.05, 0.1) is 22.6 Å². The summed E-state index contributed by atoms with van der Waals surface area (Å²) in [5.74, 6) is -3.55. The second-order valence-electron chi connectivity index (χ2n) is 4.55. The molecular weight excluding hydrogens is 272 g/mol. The standard InChI is InChI=1S/C12H9F2N3O3/c13-7-4-8(10(14)9(5-7)17(19)20)11(18)16-12(6-15)2-1-3-12/h4-5H,1-3H2,(H,16,18). The summed E-state index contributed by atoms with van der Waals surface area (Å²) in [4.78, 5) is 21.3. The van der Waals surface area contributed by atoms with E-state index < -0.39 is 39.3 Å². The minimum absolute atomic E-state index is 0.398. The molecule has 0 unspecified atom stereocenters. The second-order valence-corrected chi connectivity index (χ2v) is 4.55. The summed E-state index contributed by atoms with van der Waals surface area (Å²) in [5, 5.41) is 21.8. The van der Waals surface area contributed by atoms with E-state index in [2.05, 4.69) is 5.32 Å². The third kappa shape index (κ3) is 2.30. The number of hydrogen-bond donors (Lipinski definition) is 1. The molecule has 0 aromatic heterocycles. The van der Waals surface area contributed by atoms with Crippen LogP contribution in [-0.2, 0) is 0 Å². The highest BCUT2D eigenvalue weighted by Gasteiger charge is 2.39. The number of nitro groups is 1. The van der Waals surface area contributed by atoms with Crippen molar-refractivity contribution in [3.63, 3.8) is 0 Å². The number of benzene rings is 1. The van der Waals surface area contributed by atoms with Crippen LogP contribution in [0.15, 0.2) is 12.1 Å². The van der Waals surface area contributed by atoms with Crippen LogP contribution in [0.3, 0.4) is 0 Å². The van der Waals surface area contributed by atoms with Crippen molar-refractivity contribution in [2.45, 2.75) is 24.8 Å². The van der Waals surface area contributed by atoms with Crippen LogP contribution in [0.5, 0.6) is 0 Å². The fourth-order valence-corrected chi connectivity index (χ4v) is 1.95. The Morgan fingerprint density at radius 1 is 1.45 bits per heavy atom. The number of carbonyl (C=O) groups excluding carboxylic acids is 1. The Balaban J connectivity index is 2.35. The summed E-state index contributed by atoms with van der Waals surface area (Å²) in [7, 11) is 0. The maximum absolute atomic E-state index is 13.8. The number of nitrogens with zero attached hydrogens (tertiary/aromatic N) is 2. The molecule has 20 heavy (non-hydrogen) atoms. The molecule has 0 bridgehead atoms. The third-order valence-electron chi connectivity index (χ3n) is 3.23. The molecular formula is C12H9F2N3O3. The zero-order valence-electron chi connectivity index (χ0n) is 10.2. The number of carbonyl (C=O) groups is 1. The Labute approximate surface area is 112 Å². The average molecular weight is 281 g/mol. The van der Waals surface area contributed by atoms with Crippen LogP contribution in [0.4, 0.5) is 14.5 Å². The minimum Gasteiger partial charge on any atom is -0.334 e. The predicted octanol–water partition coefficient (Wildman–Crippen LogP) is 2.05. The lowest BCUT2D eigenvalue weighted by Gasteiger charge is -2.35. The van der Waals surface area contributed by atoms with E-state index in [9.17, 15) is 23.7 Å². The van der Waals surface area contributed by atoms with E-state index in [1.807, 2.05) is 6.07 Å². The van der Waals surface area contributed by atoms with Gasteiger partial charge in [-0.15, -0.1) is 0 Å². The van der Waals surface area contributed by atoms with E-state index in [0.717, 1.165) is 6.42 Å². The van der Waals surface area contributed by atoms with Gasteiger partial charge in [0.15, 0.2) is 0 Å². The van der Waals surface area contributed by atoms with E-state index in [-0.39, 0.29) is 0 Å². The van der Waals surface area contributed by atoms with E-state index in [0.29, 0.717) is 25.0 Å². The van der Waals surface area contributed by atoms with Crippen LogP contribution >= 0.6 is 0 Å². The van der Waals surface area contributed by atoms with Gasteiger partial charge in [-0.05, 0) is 25.3 Å². The lowest BCUT2D eigenvalue weighted by molar-refractivity contribution is -0.387. The topological polar surface area (TPSA) is 96.0 Å². The number of halogens is 2. The minimum atomic E-state index is -1.42. The maximum atomic E-state index is 13.8. The number of rotatable bonds is 3. The van der Waals surface area contributed by atoms with Crippen LogP contribution in [0.1, 0.15) is 29.6 Å². The van der Waals surface area contributed by atoms with E-state index >= 15 is 0 Å². The molecule has 1 N–H and O–H groups in total. The van der Waals surface area contributed by atoms with E-state index in [4.69, 9.17) is 5.26 Å². The second kappa shape index (κ2) is 4.85. The summed E-state index contributed by atoms with van der Waals surface area (Å²) < 4.78 is 27.0. The molecule has 104 valence electrons. The smallest absolute Gasteiger partial charge is 0.308 e. The first-order valence-corrected chi connectivity index (χ1v) is 5.76. The highest BCUT2D eigenvalue weighted by molar-refractivity contribution is 5.96. The summed E-state index contributed by atoms with van der Waals surface area (Å²) in [6.07, 6.45) is 1.56. The van der Waals surface area contributed by atoms with E-state index in [1.165, 1.54) is 0 Å². The van der Waals surface area contributed by atoms with Gasteiger partial charge in [-0.1, -0.05) is 0 Å². The predicted molar refractivity (Wildman–Crippen MR) is 62.7 cm³/mol. The van der Waals surface area contributed by atoms with Crippen molar-refractivity contribution in [1.29, 1.82) is 5.26 Å². The van der Waals surface area contributed by atoms with Gasteiger partial charge in [0.2, 0.25) is 5.82 Å². The molecule has 0 saturated heterocycles. The molecule has 0 heterocycles. The number of nitriles is 1. The average Bonchev–Trinajstić information content (AvgIpc) is 2.35. The van der Waals surface area contributed by atoms with Crippen molar-refractivity contribution in [1.82, 2.24) is 5.32 Å². The number of nitrogens with one attached hydrogen (secondary N) is 1. The molecule has 1 amide bonds. The molecule has 1 aliphatic carbocycles. The first kappa shape index (κ1) is 13.9. The van der Waals surface area contributed by atoms with Crippen molar-refractivity contribution < 1.29 is 18.5 Å². The van der Waals surface area contributed by atoms with Crippen molar-refractivity contribution in [3.8, 4) is 6.07 Å². The maximum Gasteiger partial charge on any atom is 0.308 e. The first-order valence-electron chi connectivity index (χ1n) is 5.76. The fourth-order valence-electron chi connectivity index (χ4n) is 1.95. The van der Waals surface area contributed by atoms with Crippen LogP contribution < -0.4 is 5.32 Å². The number of amides is 1. The lowest BCUT2D eigenvalue weighted by atomic mass is 9.78. The molecule has 1 aromatic carbocycles. The summed E-state index contributed by atoms with van der Waals surface area (Å²) >= 11 is 0. The van der Waals surface area contributed by atoms with Crippen molar-refractivity contribution in [3.05, 3.63) is 39.4 Å². The van der Waals surface area contributed by atoms with Gasteiger partial charge >= 0.3 is 5.69 Å². The highest BCUT2D eigenvalue weighted by Crippen LogP contribution is 2.32. The lowest BCUT2D eigenvalue weighted by Crippen LogP contribution is -2.52. The Kier molecular flexibility index (Phi) is 3.36. The van der Waals surface area contributed by atoms with Crippen LogP contribution in [0.25, 0.3) is 0 Å². The normalized spacial score (nSPS) is 15.8. The largest absolute Gasteiger partial charge is 0.334 e. The van der Waals surface area contributed by atoms with Crippen molar-refractivity contribution in [2.75, 3.05) is 0 Å². The molecule has 1 fully saturated rings. The first-order chi connectivity index (χ1) is 9.38. The van der Waals surface area contributed by atoms with Gasteiger partial charge in [0.25, 0.3) is 5.91 Å². The van der Waals surface area contributed by atoms with Gasteiger partial charge in [0, 0.05) is 0 Å². The fraction of sp³-hybridized carbons (Fsp3) is 0.333. The summed E-state index contributed by atoms with van der Waals surface area (Å²) in [6.45, 7) is 0. The highest BCUT2D eigenvalue weighted by atomic mass is 19.1. The van der Waals surface area contributed by atoms with Crippen molar-refractivity contribution in [2.24, 2.45) is 0 Å². The zero-order valence-corrected chi connectivity index (χ0v) is 10.2. The summed E-state index contributed by atoms with van der Waals surface area (Å²) in [6, 6.07) is 2.87. The molecule has 0 atom stereocenters. The Morgan fingerprint density at radius 3 is 2.55 bits per heavy atom.